The normalized spacial score (nSPS) is 12.4. The highest BCUT2D eigenvalue weighted by Crippen LogP contribution is 2.12. The fourth-order valence-corrected chi connectivity index (χ4v) is 2.38. The number of hydrogen-bond acceptors (Lipinski definition) is 4. The number of nitrogens with zero attached hydrogens (tertiary/aromatic N) is 1. The molecule has 1 atom stereocenters. The molecule has 0 saturated heterocycles. The molecule has 5 heteroatoms. The standard InChI is InChI=1S/C16H21N3O2/c1-10(15-11(2)18-12(3)19-16(15)21)17-8-13-4-6-14(9-20)7-5-13/h4-7,10,17,20H,8-9H2,1-3H3,(H,18,19,21). The molecule has 112 valence electrons. The van der Waals surface area contributed by atoms with E-state index in [0.29, 0.717) is 17.9 Å². The van der Waals surface area contributed by atoms with Crippen LogP contribution in [0.5, 0.6) is 0 Å². The molecule has 2 aromatic rings. The Morgan fingerprint density at radius 2 is 1.86 bits per heavy atom. The summed E-state index contributed by atoms with van der Waals surface area (Å²) in [6, 6.07) is 7.64. The van der Waals surface area contributed by atoms with Crippen molar-refractivity contribution < 1.29 is 5.11 Å². The van der Waals surface area contributed by atoms with E-state index in [-0.39, 0.29) is 18.2 Å². The van der Waals surface area contributed by atoms with E-state index in [2.05, 4.69) is 15.3 Å². The smallest absolute Gasteiger partial charge is 0.255 e. The number of nitrogens with one attached hydrogen (secondary N) is 2. The topological polar surface area (TPSA) is 78.0 Å². The Balaban J connectivity index is 2.08. The van der Waals surface area contributed by atoms with Crippen molar-refractivity contribution in [2.24, 2.45) is 0 Å². The van der Waals surface area contributed by atoms with E-state index in [1.807, 2.05) is 38.1 Å². The quantitative estimate of drug-likeness (QED) is 0.782. The van der Waals surface area contributed by atoms with E-state index in [9.17, 15) is 4.79 Å². The third-order valence-corrected chi connectivity index (χ3v) is 3.52. The summed E-state index contributed by atoms with van der Waals surface area (Å²) in [4.78, 5) is 19.1. The van der Waals surface area contributed by atoms with E-state index in [0.717, 1.165) is 16.8 Å². The van der Waals surface area contributed by atoms with Gasteiger partial charge in [0.1, 0.15) is 5.82 Å². The first kappa shape index (κ1) is 15.4. The first-order chi connectivity index (χ1) is 10.0. The van der Waals surface area contributed by atoms with Crippen molar-refractivity contribution in [2.45, 2.75) is 40.0 Å². The molecule has 1 aromatic heterocycles. The number of aliphatic hydroxyl groups is 1. The van der Waals surface area contributed by atoms with Gasteiger partial charge in [-0.1, -0.05) is 24.3 Å². The maximum atomic E-state index is 12.0. The third-order valence-electron chi connectivity index (χ3n) is 3.52. The highest BCUT2D eigenvalue weighted by molar-refractivity contribution is 5.23. The number of aryl methyl sites for hydroxylation is 2. The van der Waals surface area contributed by atoms with Crippen molar-refractivity contribution in [3.05, 3.63) is 62.8 Å². The van der Waals surface area contributed by atoms with E-state index in [4.69, 9.17) is 5.11 Å². The van der Waals surface area contributed by atoms with Crippen LogP contribution in [0, 0.1) is 13.8 Å². The van der Waals surface area contributed by atoms with E-state index < -0.39 is 0 Å². The maximum absolute atomic E-state index is 12.0. The second-order valence-corrected chi connectivity index (χ2v) is 5.23. The number of aromatic nitrogens is 2. The summed E-state index contributed by atoms with van der Waals surface area (Å²) in [5.74, 6) is 0.632. The second kappa shape index (κ2) is 6.65. The Labute approximate surface area is 124 Å². The predicted octanol–water partition coefficient (Wildman–Crippen LogP) is 1.73. The minimum absolute atomic E-state index is 0.0493. The Morgan fingerprint density at radius 1 is 1.24 bits per heavy atom. The van der Waals surface area contributed by atoms with Gasteiger partial charge in [0.2, 0.25) is 0 Å². The molecule has 0 aliphatic carbocycles. The van der Waals surface area contributed by atoms with Crippen LogP contribution in [-0.2, 0) is 13.2 Å². The second-order valence-electron chi connectivity index (χ2n) is 5.23. The lowest BCUT2D eigenvalue weighted by molar-refractivity contribution is 0.282. The fourth-order valence-electron chi connectivity index (χ4n) is 2.38. The molecular weight excluding hydrogens is 266 g/mol. The molecule has 21 heavy (non-hydrogen) atoms. The van der Waals surface area contributed by atoms with Gasteiger partial charge in [-0.15, -0.1) is 0 Å². The molecule has 5 nitrogen and oxygen atoms in total. The van der Waals surface area contributed by atoms with Gasteiger partial charge in [-0.05, 0) is 31.9 Å². The molecule has 1 unspecified atom stereocenters. The molecule has 0 spiro atoms. The van der Waals surface area contributed by atoms with Crippen molar-refractivity contribution in [3.8, 4) is 0 Å². The van der Waals surface area contributed by atoms with Crippen molar-refractivity contribution in [1.82, 2.24) is 15.3 Å². The van der Waals surface area contributed by atoms with Crippen LogP contribution >= 0.6 is 0 Å². The van der Waals surface area contributed by atoms with Crippen molar-refractivity contribution in [1.29, 1.82) is 0 Å². The lowest BCUT2D eigenvalue weighted by atomic mass is 10.1. The van der Waals surface area contributed by atoms with Gasteiger partial charge in [-0.25, -0.2) is 4.98 Å². The van der Waals surface area contributed by atoms with Crippen LogP contribution in [0.4, 0.5) is 0 Å². The zero-order chi connectivity index (χ0) is 15.4. The molecule has 0 radical (unpaired) electrons. The summed E-state index contributed by atoms with van der Waals surface area (Å²) >= 11 is 0. The molecular formula is C16H21N3O2. The van der Waals surface area contributed by atoms with Gasteiger partial charge in [0.25, 0.3) is 5.56 Å². The lowest BCUT2D eigenvalue weighted by Gasteiger charge is -2.15. The summed E-state index contributed by atoms with van der Waals surface area (Å²) in [7, 11) is 0. The first-order valence-electron chi connectivity index (χ1n) is 7.00. The lowest BCUT2D eigenvalue weighted by Crippen LogP contribution is -2.27. The molecule has 0 aliphatic heterocycles. The van der Waals surface area contributed by atoms with Crippen LogP contribution in [0.2, 0.25) is 0 Å². The van der Waals surface area contributed by atoms with Crippen molar-refractivity contribution in [2.75, 3.05) is 0 Å². The SMILES string of the molecule is Cc1nc(C)c(C(C)NCc2ccc(CO)cc2)c(=O)[nH]1. The molecule has 1 heterocycles. The van der Waals surface area contributed by atoms with Gasteiger partial charge in [0.15, 0.2) is 0 Å². The highest BCUT2D eigenvalue weighted by atomic mass is 16.3. The Morgan fingerprint density at radius 3 is 2.43 bits per heavy atom. The summed E-state index contributed by atoms with van der Waals surface area (Å²) < 4.78 is 0. The van der Waals surface area contributed by atoms with Crippen LogP contribution in [0.1, 0.15) is 41.2 Å². The molecule has 0 aliphatic rings. The summed E-state index contributed by atoms with van der Waals surface area (Å²) in [5, 5.41) is 12.3. The zero-order valence-corrected chi connectivity index (χ0v) is 12.6. The highest BCUT2D eigenvalue weighted by Gasteiger charge is 2.14. The average Bonchev–Trinajstić information content (AvgIpc) is 2.44. The Bertz CT molecular complexity index is 662. The van der Waals surface area contributed by atoms with Crippen LogP contribution < -0.4 is 10.9 Å². The van der Waals surface area contributed by atoms with Crippen LogP contribution in [0.25, 0.3) is 0 Å². The summed E-state index contributed by atoms with van der Waals surface area (Å²) in [6.07, 6.45) is 0. The molecule has 0 bridgehead atoms. The van der Waals surface area contributed by atoms with Gasteiger partial charge < -0.3 is 15.4 Å². The van der Waals surface area contributed by atoms with Gasteiger partial charge in [0.05, 0.1) is 12.2 Å². The fraction of sp³-hybridized carbons (Fsp3) is 0.375. The maximum Gasteiger partial charge on any atom is 0.255 e. The minimum Gasteiger partial charge on any atom is -0.392 e. The van der Waals surface area contributed by atoms with Crippen molar-refractivity contribution in [3.63, 3.8) is 0 Å². The molecule has 0 fully saturated rings. The van der Waals surface area contributed by atoms with Crippen LogP contribution in [-0.4, -0.2) is 15.1 Å². The summed E-state index contributed by atoms with van der Waals surface area (Å²) in [5.41, 5.74) is 3.34. The largest absolute Gasteiger partial charge is 0.392 e. The summed E-state index contributed by atoms with van der Waals surface area (Å²) in [6.45, 7) is 6.29. The number of rotatable bonds is 5. The average molecular weight is 287 g/mol. The molecule has 3 N–H and O–H groups in total. The predicted molar refractivity (Wildman–Crippen MR) is 82.0 cm³/mol. The number of aliphatic hydroxyl groups excluding tert-OH is 1. The van der Waals surface area contributed by atoms with E-state index in [1.165, 1.54) is 0 Å². The van der Waals surface area contributed by atoms with Crippen molar-refractivity contribution >= 4 is 0 Å². The number of hydrogen-bond donors (Lipinski definition) is 3. The first-order valence-corrected chi connectivity index (χ1v) is 7.00. The monoisotopic (exact) mass is 287 g/mol. The van der Waals surface area contributed by atoms with Gasteiger partial charge in [0, 0.05) is 18.3 Å². The van der Waals surface area contributed by atoms with Gasteiger partial charge in [-0.3, -0.25) is 4.79 Å². The number of H-pyrrole nitrogens is 1. The minimum atomic E-state index is -0.0874. The van der Waals surface area contributed by atoms with E-state index >= 15 is 0 Å². The molecule has 0 saturated carbocycles. The molecule has 0 amide bonds. The van der Waals surface area contributed by atoms with Crippen LogP contribution in [0.15, 0.2) is 29.1 Å². The van der Waals surface area contributed by atoms with Crippen LogP contribution in [0.3, 0.4) is 0 Å². The third kappa shape index (κ3) is 3.77. The zero-order valence-electron chi connectivity index (χ0n) is 12.6. The number of benzene rings is 1. The Kier molecular flexibility index (Phi) is 4.88. The Hall–Kier alpha value is -1.98. The molecule has 2 rings (SSSR count). The number of aromatic amines is 1. The van der Waals surface area contributed by atoms with E-state index in [1.54, 1.807) is 6.92 Å². The van der Waals surface area contributed by atoms with Gasteiger partial charge in [-0.2, -0.15) is 0 Å². The molecule has 1 aromatic carbocycles. The van der Waals surface area contributed by atoms with Gasteiger partial charge >= 0.3 is 0 Å².